The Hall–Kier alpha value is -3.43. The number of nitrogen functional groups attached to an aromatic ring is 1. The van der Waals surface area contributed by atoms with Gasteiger partial charge < -0.3 is 27.1 Å². The van der Waals surface area contributed by atoms with Gasteiger partial charge in [-0.05, 0) is 67.6 Å². The first-order valence-corrected chi connectivity index (χ1v) is 12.9. The summed E-state index contributed by atoms with van der Waals surface area (Å²) in [6.45, 7) is 7.29. The van der Waals surface area contributed by atoms with Crippen molar-refractivity contribution in [3.8, 4) is 11.3 Å². The number of aryl methyl sites for hydroxylation is 1. The minimum Gasteiger partial charge on any atom is -0.398 e. The minimum absolute atomic E-state index is 0.0904. The summed E-state index contributed by atoms with van der Waals surface area (Å²) in [5.74, 6) is 0.0904. The van der Waals surface area contributed by atoms with Crippen molar-refractivity contribution in [2.75, 3.05) is 38.5 Å². The van der Waals surface area contributed by atoms with Crippen molar-refractivity contribution in [3.05, 3.63) is 58.7 Å². The van der Waals surface area contributed by atoms with Crippen LogP contribution < -0.4 is 16.8 Å². The van der Waals surface area contributed by atoms with E-state index in [4.69, 9.17) is 26.6 Å². The minimum atomic E-state index is 0.0904. The first-order chi connectivity index (χ1) is 18.0. The third-order valence-corrected chi connectivity index (χ3v) is 6.50. The number of aromatic nitrogens is 1. The molecule has 6 N–H and O–H groups in total. The smallest absolute Gasteiger partial charge is 0.253 e. The van der Waals surface area contributed by atoms with Crippen LogP contribution in [0.1, 0.15) is 46.8 Å². The zero-order valence-electron chi connectivity index (χ0n) is 21.8. The Morgan fingerprint density at radius 3 is 2.30 bits per heavy atom. The predicted molar refractivity (Wildman–Crippen MR) is 152 cm³/mol. The van der Waals surface area contributed by atoms with Gasteiger partial charge >= 0.3 is 18.7 Å². The molecule has 8 nitrogen and oxygen atoms in total. The fraction of sp³-hybridized carbons (Fsp3) is 0.393. The van der Waals surface area contributed by atoms with Crippen LogP contribution in [0.4, 0.5) is 5.69 Å². The van der Waals surface area contributed by atoms with Crippen LogP contribution in [0, 0.1) is 5.41 Å². The number of hydrogen-bond acceptors (Lipinski definition) is 7. The molecular weight excluding hydrogens is 463 g/mol. The van der Waals surface area contributed by atoms with E-state index in [9.17, 15) is 4.79 Å². The first-order valence-electron chi connectivity index (χ1n) is 12.9. The summed E-state index contributed by atoms with van der Waals surface area (Å²) in [7, 11) is 0.750. The third kappa shape index (κ3) is 6.48. The van der Waals surface area contributed by atoms with Crippen molar-refractivity contribution in [3.63, 3.8) is 0 Å². The zero-order valence-corrected chi connectivity index (χ0v) is 21.8. The number of carbonyl (C=O) groups is 1. The van der Waals surface area contributed by atoms with Crippen molar-refractivity contribution < 1.29 is 9.50 Å². The molecule has 1 fully saturated rings. The molecule has 2 aromatic carbocycles. The van der Waals surface area contributed by atoms with E-state index in [0.717, 1.165) is 98.8 Å². The molecule has 1 aliphatic carbocycles. The molecule has 0 radical (unpaired) electrons. The average Bonchev–Trinajstić information content (AvgIpc) is 2.94. The second kappa shape index (κ2) is 13.8. The van der Waals surface area contributed by atoms with Gasteiger partial charge in [-0.1, -0.05) is 19.1 Å². The number of rotatable bonds is 3. The second-order valence-electron chi connectivity index (χ2n) is 9.00. The van der Waals surface area contributed by atoms with E-state index in [1.165, 1.54) is 24.2 Å². The summed E-state index contributed by atoms with van der Waals surface area (Å²) >= 11 is 0. The molecule has 1 amide bonds. The SMILES string of the molecule is CB=O.CCN.N=Cc1c(N)ccc2nc(-c3ccc(C(=O)N4CCNCC4)cc3)c3c(c12)CCCC3. The van der Waals surface area contributed by atoms with Gasteiger partial charge in [0.2, 0.25) is 0 Å². The van der Waals surface area contributed by atoms with E-state index < -0.39 is 0 Å². The van der Waals surface area contributed by atoms with Crippen LogP contribution in [-0.4, -0.2) is 61.9 Å². The fourth-order valence-electron chi connectivity index (χ4n) is 4.88. The third-order valence-electron chi connectivity index (χ3n) is 6.50. The molecule has 0 unspecified atom stereocenters. The van der Waals surface area contributed by atoms with Crippen LogP contribution in [-0.2, 0) is 17.5 Å². The number of fused-ring (bicyclic) bond motifs is 3. The number of benzene rings is 2. The largest absolute Gasteiger partial charge is 0.398 e. The molecule has 1 saturated heterocycles. The number of pyridine rings is 1. The van der Waals surface area contributed by atoms with Gasteiger partial charge in [-0.2, -0.15) is 0 Å². The molecule has 2 heterocycles. The second-order valence-corrected chi connectivity index (χ2v) is 9.00. The number of nitrogens with one attached hydrogen (secondary N) is 2. The molecular formula is C28H37BN6O2. The van der Waals surface area contributed by atoms with Crippen molar-refractivity contribution in [2.45, 2.75) is 39.4 Å². The van der Waals surface area contributed by atoms with E-state index in [2.05, 4.69) is 5.32 Å². The van der Waals surface area contributed by atoms with Gasteiger partial charge in [0.05, 0.1) is 11.2 Å². The summed E-state index contributed by atoms with van der Waals surface area (Å²) in [4.78, 5) is 19.7. The Morgan fingerprint density at radius 1 is 1.11 bits per heavy atom. The van der Waals surface area contributed by atoms with Crippen molar-refractivity contribution in [1.29, 1.82) is 5.41 Å². The fourth-order valence-corrected chi connectivity index (χ4v) is 4.88. The van der Waals surface area contributed by atoms with Crippen molar-refractivity contribution in [2.24, 2.45) is 5.73 Å². The van der Waals surface area contributed by atoms with E-state index >= 15 is 0 Å². The van der Waals surface area contributed by atoms with Gasteiger partial charge in [0.25, 0.3) is 5.91 Å². The number of piperazine rings is 1. The van der Waals surface area contributed by atoms with Crippen molar-refractivity contribution in [1.82, 2.24) is 15.2 Å². The molecule has 1 aliphatic heterocycles. The number of carbonyl (C=O) groups excluding carboxylic acids is 1. The van der Waals surface area contributed by atoms with Crippen LogP contribution in [0.15, 0.2) is 36.4 Å². The molecule has 0 saturated carbocycles. The molecule has 5 rings (SSSR count). The Balaban J connectivity index is 0.000000580. The standard InChI is InChI=1S/C25H27N5O.C2H7N.CH3BO/c26-15-20-21(27)9-10-22-23(20)18-3-1-2-4-19(18)24(29-22)16-5-7-17(8-6-16)25(31)30-13-11-28-12-14-30;2*1-2-3/h5-10,15,26,28H,1-4,11-14,27H2;2-3H2,1H3;1H3. The van der Waals surface area contributed by atoms with Crippen LogP contribution >= 0.6 is 0 Å². The summed E-state index contributed by atoms with van der Waals surface area (Å²) in [5, 5.41) is 12.2. The maximum Gasteiger partial charge on any atom is 0.253 e. The number of nitrogens with two attached hydrogens (primary N) is 2. The number of anilines is 1. The van der Waals surface area contributed by atoms with Gasteiger partial charge in [-0.25, -0.2) is 4.98 Å². The van der Waals surface area contributed by atoms with Gasteiger partial charge in [0.1, 0.15) is 0 Å². The first kappa shape index (κ1) is 28.2. The van der Waals surface area contributed by atoms with E-state index in [1.807, 2.05) is 48.2 Å². The number of amides is 1. The van der Waals surface area contributed by atoms with Gasteiger partial charge in [0, 0.05) is 60.2 Å². The Labute approximate surface area is 219 Å². The van der Waals surface area contributed by atoms with Crippen molar-refractivity contribution >= 4 is 35.9 Å². The van der Waals surface area contributed by atoms with E-state index in [-0.39, 0.29) is 5.91 Å². The molecule has 9 heteroatoms. The average molecular weight is 500 g/mol. The monoisotopic (exact) mass is 500 g/mol. The Bertz CT molecular complexity index is 1240. The molecule has 37 heavy (non-hydrogen) atoms. The van der Waals surface area contributed by atoms with Gasteiger partial charge in [-0.15, -0.1) is 0 Å². The van der Waals surface area contributed by atoms with Crippen LogP contribution in [0.3, 0.4) is 0 Å². The number of nitrogens with zero attached hydrogens (tertiary/aromatic N) is 2. The quantitative estimate of drug-likeness (QED) is 0.247. The summed E-state index contributed by atoms with van der Waals surface area (Å²) in [6.07, 6.45) is 5.57. The maximum atomic E-state index is 12.8. The summed E-state index contributed by atoms with van der Waals surface area (Å²) in [6, 6.07) is 11.7. The molecule has 0 bridgehead atoms. The predicted octanol–water partition coefficient (Wildman–Crippen LogP) is 3.46. The van der Waals surface area contributed by atoms with Gasteiger partial charge in [0.15, 0.2) is 0 Å². The number of hydrogen-bond donors (Lipinski definition) is 4. The summed E-state index contributed by atoms with van der Waals surface area (Å²) < 4.78 is 8.81. The van der Waals surface area contributed by atoms with E-state index in [0.29, 0.717) is 5.69 Å². The normalized spacial score (nSPS) is 14.3. The van der Waals surface area contributed by atoms with Crippen LogP contribution in [0.2, 0.25) is 6.82 Å². The maximum absolute atomic E-state index is 12.8. The topological polar surface area (TPSA) is 138 Å². The van der Waals surface area contributed by atoms with E-state index in [1.54, 1.807) is 0 Å². The molecule has 0 spiro atoms. The van der Waals surface area contributed by atoms with Gasteiger partial charge in [-0.3, -0.25) is 4.79 Å². The molecule has 1 aromatic heterocycles. The molecule has 3 aromatic rings. The van der Waals surface area contributed by atoms with Crippen LogP contribution in [0.5, 0.6) is 0 Å². The molecule has 194 valence electrons. The zero-order chi connectivity index (χ0) is 26.8. The Morgan fingerprint density at radius 2 is 1.70 bits per heavy atom. The van der Waals surface area contributed by atoms with Crippen LogP contribution in [0.25, 0.3) is 22.2 Å². The molecule has 2 aliphatic rings. The Kier molecular flexibility index (Phi) is 10.5. The molecule has 0 atom stereocenters. The summed E-state index contributed by atoms with van der Waals surface area (Å²) in [5.41, 5.74) is 18.6.